The third-order valence-corrected chi connectivity index (χ3v) is 9.19. The molecule has 0 saturated heterocycles. The normalized spacial score (nSPS) is 11.5. The molecule has 216 valence electrons. The maximum absolute atomic E-state index is 2.35. The van der Waals surface area contributed by atoms with Gasteiger partial charge in [0.15, 0.2) is 0 Å². The summed E-state index contributed by atoms with van der Waals surface area (Å²) in [5.74, 6) is 0. The highest BCUT2D eigenvalue weighted by atomic mass is 15.1. The molecule has 0 amide bonds. The van der Waals surface area contributed by atoms with E-state index in [1.165, 1.54) is 55.4 Å². The van der Waals surface area contributed by atoms with E-state index in [9.17, 15) is 0 Å². The molecule has 1 aliphatic rings. The molecule has 0 aliphatic heterocycles. The van der Waals surface area contributed by atoms with E-state index >= 15 is 0 Å². The van der Waals surface area contributed by atoms with Crippen molar-refractivity contribution in [1.29, 1.82) is 0 Å². The van der Waals surface area contributed by atoms with Gasteiger partial charge in [-0.05, 0) is 93.5 Å². The first-order valence-corrected chi connectivity index (χ1v) is 15.8. The Morgan fingerprint density at radius 3 is 1.33 bits per heavy atom. The molecule has 0 saturated carbocycles. The fourth-order valence-corrected chi connectivity index (χ4v) is 7.05. The summed E-state index contributed by atoms with van der Waals surface area (Å²) in [6.07, 6.45) is 2.32. The van der Waals surface area contributed by atoms with Crippen LogP contribution in [0.4, 0.5) is 17.1 Å². The van der Waals surface area contributed by atoms with E-state index < -0.39 is 0 Å². The van der Waals surface area contributed by atoms with Gasteiger partial charge in [0.2, 0.25) is 0 Å². The molecule has 0 bridgehead atoms. The van der Waals surface area contributed by atoms with Gasteiger partial charge in [0.25, 0.3) is 0 Å². The van der Waals surface area contributed by atoms with Gasteiger partial charge in [-0.2, -0.15) is 0 Å². The zero-order valence-corrected chi connectivity index (χ0v) is 25.2. The van der Waals surface area contributed by atoms with Gasteiger partial charge in [0.1, 0.15) is 0 Å². The predicted octanol–water partition coefficient (Wildman–Crippen LogP) is 12.1. The Bertz CT molecular complexity index is 2290. The molecule has 0 N–H and O–H groups in total. The first-order valence-electron chi connectivity index (χ1n) is 15.8. The quantitative estimate of drug-likeness (QED) is 0.195. The Hall–Kier alpha value is -6.12. The standard InChI is InChI=1S/C44H30N2/c1-3-12-34(13-4-1)46(35-14-5-2-6-15-35)36-28-24-32(25-29-36)31-22-26-33(27-23-31)45-30-42-40-19-10-8-17-38(40)37-16-7-9-18-39(37)41-20-11-21-43(45)44(41)42/h1-30H. The van der Waals surface area contributed by atoms with Crippen molar-refractivity contribution >= 4 is 28.0 Å². The number of anilines is 3. The second-order valence-electron chi connectivity index (χ2n) is 11.8. The lowest BCUT2D eigenvalue weighted by atomic mass is 9.94. The van der Waals surface area contributed by atoms with Gasteiger partial charge < -0.3 is 9.47 Å². The number of hydrogen-bond donors (Lipinski definition) is 0. The van der Waals surface area contributed by atoms with Crippen LogP contribution in [0.2, 0.25) is 0 Å². The Morgan fingerprint density at radius 2 is 0.761 bits per heavy atom. The van der Waals surface area contributed by atoms with Crippen molar-refractivity contribution in [1.82, 2.24) is 4.57 Å². The first-order chi connectivity index (χ1) is 22.8. The number of nitrogens with zero attached hydrogens (tertiary/aromatic N) is 2. The summed E-state index contributed by atoms with van der Waals surface area (Å²) in [5, 5.41) is 1.31. The highest BCUT2D eigenvalue weighted by molar-refractivity contribution is 6.13. The summed E-state index contributed by atoms with van der Waals surface area (Å²) in [6.45, 7) is 0. The molecule has 0 spiro atoms. The smallest absolute Gasteiger partial charge is 0.0541 e. The monoisotopic (exact) mass is 586 g/mol. The second-order valence-corrected chi connectivity index (χ2v) is 11.8. The molecular formula is C44H30N2. The molecule has 0 fully saturated rings. The summed E-state index contributed by atoms with van der Waals surface area (Å²) in [4.78, 5) is 2.29. The van der Waals surface area contributed by atoms with Gasteiger partial charge in [0.05, 0.1) is 5.52 Å². The molecule has 46 heavy (non-hydrogen) atoms. The number of rotatable bonds is 5. The SMILES string of the molecule is c1ccc(N(c2ccccc2)c2ccc(-c3ccc(-n4cc5c6c(cccc64)-c4ccccc4-c4ccccc4-5)cc3)cc2)cc1. The average molecular weight is 587 g/mol. The molecular weight excluding hydrogens is 556 g/mol. The molecule has 1 aromatic heterocycles. The fourth-order valence-electron chi connectivity index (χ4n) is 7.05. The van der Waals surface area contributed by atoms with Gasteiger partial charge in [-0.15, -0.1) is 0 Å². The van der Waals surface area contributed by atoms with Crippen molar-refractivity contribution in [2.24, 2.45) is 0 Å². The van der Waals surface area contributed by atoms with Crippen molar-refractivity contribution in [3.05, 3.63) is 182 Å². The van der Waals surface area contributed by atoms with Crippen LogP contribution in [-0.4, -0.2) is 4.57 Å². The maximum Gasteiger partial charge on any atom is 0.0541 e. The number of fused-ring (bicyclic) bond motifs is 5. The summed E-state index contributed by atoms with van der Waals surface area (Å²) in [6, 6.07) is 63.2. The molecule has 7 aromatic carbocycles. The molecule has 2 nitrogen and oxygen atoms in total. The van der Waals surface area contributed by atoms with E-state index in [2.05, 4.69) is 192 Å². The molecule has 1 aliphatic carbocycles. The summed E-state index contributed by atoms with van der Waals surface area (Å²) >= 11 is 0. The minimum absolute atomic E-state index is 1.13. The van der Waals surface area contributed by atoms with Gasteiger partial charge in [-0.25, -0.2) is 0 Å². The molecule has 0 radical (unpaired) electrons. The van der Waals surface area contributed by atoms with Crippen molar-refractivity contribution in [2.75, 3.05) is 4.90 Å². The fraction of sp³-hybridized carbons (Fsp3) is 0. The molecule has 1 heterocycles. The van der Waals surface area contributed by atoms with Crippen LogP contribution in [0.1, 0.15) is 0 Å². The zero-order valence-electron chi connectivity index (χ0n) is 25.2. The van der Waals surface area contributed by atoms with E-state index in [1.54, 1.807) is 0 Å². The Morgan fingerprint density at radius 1 is 0.326 bits per heavy atom. The molecule has 2 heteroatoms. The van der Waals surface area contributed by atoms with E-state index in [-0.39, 0.29) is 0 Å². The highest BCUT2D eigenvalue weighted by Gasteiger charge is 2.23. The molecule has 0 atom stereocenters. The lowest BCUT2D eigenvalue weighted by molar-refractivity contribution is 1.13. The number of aromatic nitrogens is 1. The number of benzene rings is 7. The van der Waals surface area contributed by atoms with Gasteiger partial charge >= 0.3 is 0 Å². The minimum Gasteiger partial charge on any atom is -0.316 e. The third kappa shape index (κ3) is 4.27. The van der Waals surface area contributed by atoms with Crippen LogP contribution in [0.5, 0.6) is 0 Å². The Labute approximate surface area is 269 Å². The summed E-state index contributed by atoms with van der Waals surface area (Å²) in [7, 11) is 0. The topological polar surface area (TPSA) is 8.17 Å². The third-order valence-electron chi connectivity index (χ3n) is 9.19. The van der Waals surface area contributed by atoms with Crippen LogP contribution < -0.4 is 4.90 Å². The van der Waals surface area contributed by atoms with Crippen molar-refractivity contribution in [3.8, 4) is 50.2 Å². The summed E-state index contributed by atoms with van der Waals surface area (Å²) < 4.78 is 2.35. The van der Waals surface area contributed by atoms with Crippen LogP contribution in [0.25, 0.3) is 61.1 Å². The average Bonchev–Trinajstić information content (AvgIpc) is 3.48. The van der Waals surface area contributed by atoms with Crippen LogP contribution in [-0.2, 0) is 0 Å². The van der Waals surface area contributed by atoms with Crippen LogP contribution in [0.3, 0.4) is 0 Å². The van der Waals surface area contributed by atoms with Gasteiger partial charge in [-0.3, -0.25) is 0 Å². The highest BCUT2D eigenvalue weighted by Crippen LogP contribution is 2.48. The maximum atomic E-state index is 2.35. The lowest BCUT2D eigenvalue weighted by Gasteiger charge is -2.25. The molecule has 8 aromatic rings. The summed E-state index contributed by atoms with van der Waals surface area (Å²) in [5.41, 5.74) is 15.9. The second kappa shape index (κ2) is 10.8. The van der Waals surface area contributed by atoms with Crippen LogP contribution in [0, 0.1) is 0 Å². The first kappa shape index (κ1) is 26.3. The lowest BCUT2D eigenvalue weighted by Crippen LogP contribution is -2.09. The largest absolute Gasteiger partial charge is 0.316 e. The molecule has 0 unspecified atom stereocenters. The number of para-hydroxylation sites is 2. The number of hydrogen-bond acceptors (Lipinski definition) is 1. The van der Waals surface area contributed by atoms with E-state index in [1.807, 2.05) is 0 Å². The Balaban J connectivity index is 1.09. The van der Waals surface area contributed by atoms with Crippen molar-refractivity contribution in [3.63, 3.8) is 0 Å². The van der Waals surface area contributed by atoms with Crippen molar-refractivity contribution < 1.29 is 0 Å². The predicted molar refractivity (Wildman–Crippen MR) is 193 cm³/mol. The van der Waals surface area contributed by atoms with Gasteiger partial charge in [-0.1, -0.05) is 121 Å². The van der Waals surface area contributed by atoms with Crippen molar-refractivity contribution in [2.45, 2.75) is 0 Å². The molecule has 9 rings (SSSR count). The van der Waals surface area contributed by atoms with E-state index in [0.717, 1.165) is 22.7 Å². The van der Waals surface area contributed by atoms with Gasteiger partial charge in [0, 0.05) is 39.9 Å². The van der Waals surface area contributed by atoms with Crippen LogP contribution >= 0.6 is 0 Å². The van der Waals surface area contributed by atoms with E-state index in [0.29, 0.717) is 0 Å². The Kier molecular flexibility index (Phi) is 6.17. The zero-order chi connectivity index (χ0) is 30.5. The van der Waals surface area contributed by atoms with E-state index in [4.69, 9.17) is 0 Å². The van der Waals surface area contributed by atoms with Crippen LogP contribution in [0.15, 0.2) is 182 Å². The minimum atomic E-state index is 1.13.